The molecular formula is C27H27NO2. The third kappa shape index (κ3) is 3.68. The van der Waals surface area contributed by atoms with Crippen molar-refractivity contribution >= 4 is 5.69 Å². The molecule has 1 aliphatic carbocycles. The fourth-order valence-electron chi connectivity index (χ4n) is 4.74. The third-order valence-electron chi connectivity index (χ3n) is 6.22. The van der Waals surface area contributed by atoms with Crippen LogP contribution in [0.25, 0.3) is 0 Å². The van der Waals surface area contributed by atoms with Gasteiger partial charge in [0, 0.05) is 11.6 Å². The van der Waals surface area contributed by atoms with Crippen molar-refractivity contribution in [2.45, 2.75) is 25.3 Å². The first kappa shape index (κ1) is 18.8. The van der Waals surface area contributed by atoms with Gasteiger partial charge >= 0.3 is 0 Å². The number of allylic oxidation sites excluding steroid dienone is 2. The lowest BCUT2D eigenvalue weighted by Crippen LogP contribution is -2.29. The SMILES string of the molecule is Cc1ccccc1C1Nc2ccc(OCCOc3ccccc3)cc2C2C=CCC21. The molecular weight excluding hydrogens is 370 g/mol. The molecule has 3 atom stereocenters. The molecule has 0 amide bonds. The highest BCUT2D eigenvalue weighted by molar-refractivity contribution is 5.62. The molecule has 152 valence electrons. The fraction of sp³-hybridized carbons (Fsp3) is 0.259. The van der Waals surface area contributed by atoms with Gasteiger partial charge in [0.2, 0.25) is 0 Å². The van der Waals surface area contributed by atoms with E-state index in [1.807, 2.05) is 30.3 Å². The third-order valence-corrected chi connectivity index (χ3v) is 6.22. The molecule has 30 heavy (non-hydrogen) atoms. The Kier molecular flexibility index (Phi) is 5.18. The summed E-state index contributed by atoms with van der Waals surface area (Å²) < 4.78 is 11.7. The standard InChI is InChI=1S/C27H27NO2/c1-19-8-5-6-11-22(19)27-24-13-7-12-23(24)25-18-21(14-15-26(25)28-27)30-17-16-29-20-9-3-2-4-10-20/h2-12,14-15,18,23-24,27-28H,13,16-17H2,1H3. The molecule has 0 saturated carbocycles. The first-order chi connectivity index (χ1) is 14.8. The van der Waals surface area contributed by atoms with E-state index in [1.54, 1.807) is 0 Å². The van der Waals surface area contributed by atoms with Crippen molar-refractivity contribution < 1.29 is 9.47 Å². The second-order valence-corrected chi connectivity index (χ2v) is 8.09. The number of nitrogens with one attached hydrogen (secondary N) is 1. The molecule has 2 aliphatic rings. The van der Waals surface area contributed by atoms with E-state index in [0.29, 0.717) is 31.1 Å². The Morgan fingerprint density at radius 2 is 1.60 bits per heavy atom. The number of anilines is 1. The number of hydrogen-bond donors (Lipinski definition) is 1. The van der Waals surface area contributed by atoms with Gasteiger partial charge in [0.15, 0.2) is 0 Å². The van der Waals surface area contributed by atoms with Crippen LogP contribution in [0.4, 0.5) is 5.69 Å². The summed E-state index contributed by atoms with van der Waals surface area (Å²) in [5.74, 6) is 2.74. The second-order valence-electron chi connectivity index (χ2n) is 8.09. The molecule has 5 rings (SSSR count). The van der Waals surface area contributed by atoms with Crippen molar-refractivity contribution in [2.75, 3.05) is 18.5 Å². The predicted octanol–water partition coefficient (Wildman–Crippen LogP) is 6.28. The Morgan fingerprint density at radius 1 is 0.833 bits per heavy atom. The minimum Gasteiger partial charge on any atom is -0.490 e. The van der Waals surface area contributed by atoms with Crippen molar-refractivity contribution in [3.05, 3.63) is 102 Å². The van der Waals surface area contributed by atoms with Gasteiger partial charge in [-0.3, -0.25) is 0 Å². The molecule has 0 radical (unpaired) electrons. The van der Waals surface area contributed by atoms with Gasteiger partial charge in [-0.2, -0.15) is 0 Å². The van der Waals surface area contributed by atoms with Gasteiger partial charge in [0.1, 0.15) is 24.7 Å². The van der Waals surface area contributed by atoms with Gasteiger partial charge in [0.25, 0.3) is 0 Å². The minimum absolute atomic E-state index is 0.338. The Labute approximate surface area is 178 Å². The molecule has 3 aromatic rings. The average Bonchev–Trinajstić information content (AvgIpc) is 3.28. The monoisotopic (exact) mass is 397 g/mol. The lowest BCUT2D eigenvalue weighted by Gasteiger charge is -2.38. The molecule has 3 unspecified atom stereocenters. The summed E-state index contributed by atoms with van der Waals surface area (Å²) in [6, 6.07) is 25.3. The van der Waals surface area contributed by atoms with Gasteiger partial charge in [-0.05, 0) is 66.3 Å². The van der Waals surface area contributed by atoms with Crippen LogP contribution in [-0.4, -0.2) is 13.2 Å². The van der Waals surface area contributed by atoms with Crippen molar-refractivity contribution in [3.8, 4) is 11.5 Å². The van der Waals surface area contributed by atoms with Gasteiger partial charge in [-0.1, -0.05) is 54.6 Å². The summed E-state index contributed by atoms with van der Waals surface area (Å²) in [5, 5.41) is 3.82. The molecule has 1 aliphatic heterocycles. The number of benzene rings is 3. The zero-order valence-electron chi connectivity index (χ0n) is 17.3. The van der Waals surface area contributed by atoms with Crippen molar-refractivity contribution in [3.63, 3.8) is 0 Å². The smallest absolute Gasteiger partial charge is 0.122 e. The molecule has 3 heteroatoms. The quantitative estimate of drug-likeness (QED) is 0.392. The van der Waals surface area contributed by atoms with Gasteiger partial charge in [-0.15, -0.1) is 0 Å². The van der Waals surface area contributed by atoms with Gasteiger partial charge < -0.3 is 14.8 Å². The van der Waals surface area contributed by atoms with Crippen LogP contribution in [0.1, 0.15) is 35.1 Å². The molecule has 0 aromatic heterocycles. The minimum atomic E-state index is 0.338. The van der Waals surface area contributed by atoms with Crippen LogP contribution in [-0.2, 0) is 0 Å². The maximum absolute atomic E-state index is 6.00. The van der Waals surface area contributed by atoms with Gasteiger partial charge in [-0.25, -0.2) is 0 Å². The average molecular weight is 398 g/mol. The van der Waals surface area contributed by atoms with E-state index in [4.69, 9.17) is 9.47 Å². The number of ether oxygens (including phenoxy) is 2. The maximum atomic E-state index is 6.00. The zero-order chi connectivity index (χ0) is 20.3. The largest absolute Gasteiger partial charge is 0.490 e. The molecule has 3 nitrogen and oxygen atoms in total. The van der Waals surface area contributed by atoms with E-state index in [9.17, 15) is 0 Å². The zero-order valence-corrected chi connectivity index (χ0v) is 17.3. The summed E-state index contributed by atoms with van der Waals surface area (Å²) in [6.07, 6.45) is 5.81. The number of rotatable bonds is 6. The summed E-state index contributed by atoms with van der Waals surface area (Å²) >= 11 is 0. The lowest BCUT2D eigenvalue weighted by molar-refractivity contribution is 0.217. The Balaban J connectivity index is 1.30. The Morgan fingerprint density at radius 3 is 2.43 bits per heavy atom. The fourth-order valence-corrected chi connectivity index (χ4v) is 4.74. The summed E-state index contributed by atoms with van der Waals surface area (Å²) in [7, 11) is 0. The highest BCUT2D eigenvalue weighted by Crippen LogP contribution is 2.50. The summed E-state index contributed by atoms with van der Waals surface area (Å²) in [4.78, 5) is 0. The number of aryl methyl sites for hydroxylation is 1. The van der Waals surface area contributed by atoms with Crippen LogP contribution in [0, 0.1) is 12.8 Å². The van der Waals surface area contributed by atoms with E-state index in [-0.39, 0.29) is 0 Å². The highest BCUT2D eigenvalue weighted by atomic mass is 16.5. The van der Waals surface area contributed by atoms with E-state index in [1.165, 1.54) is 22.4 Å². The number of hydrogen-bond acceptors (Lipinski definition) is 3. The normalized spacial score (nSPS) is 21.4. The summed E-state index contributed by atoms with van der Waals surface area (Å²) in [5.41, 5.74) is 5.30. The Bertz CT molecular complexity index is 1040. The molecule has 0 spiro atoms. The van der Waals surface area contributed by atoms with Crippen LogP contribution >= 0.6 is 0 Å². The molecule has 1 heterocycles. The van der Waals surface area contributed by atoms with Crippen LogP contribution in [0.15, 0.2) is 84.9 Å². The first-order valence-corrected chi connectivity index (χ1v) is 10.7. The molecule has 0 bridgehead atoms. The van der Waals surface area contributed by atoms with E-state index in [0.717, 1.165) is 17.9 Å². The van der Waals surface area contributed by atoms with E-state index >= 15 is 0 Å². The van der Waals surface area contributed by atoms with E-state index in [2.05, 4.69) is 66.9 Å². The molecule has 3 aromatic carbocycles. The van der Waals surface area contributed by atoms with Crippen molar-refractivity contribution in [2.24, 2.45) is 5.92 Å². The maximum Gasteiger partial charge on any atom is 0.122 e. The Hall–Kier alpha value is -3.20. The number of fused-ring (bicyclic) bond motifs is 3. The van der Waals surface area contributed by atoms with Crippen LogP contribution in [0.3, 0.4) is 0 Å². The van der Waals surface area contributed by atoms with Crippen LogP contribution < -0.4 is 14.8 Å². The predicted molar refractivity (Wildman–Crippen MR) is 121 cm³/mol. The second kappa shape index (κ2) is 8.27. The first-order valence-electron chi connectivity index (χ1n) is 10.7. The lowest BCUT2D eigenvalue weighted by atomic mass is 9.76. The van der Waals surface area contributed by atoms with Crippen molar-refractivity contribution in [1.82, 2.24) is 0 Å². The van der Waals surface area contributed by atoms with Gasteiger partial charge in [0.05, 0.1) is 6.04 Å². The molecule has 0 fully saturated rings. The van der Waals surface area contributed by atoms with Crippen molar-refractivity contribution in [1.29, 1.82) is 0 Å². The van der Waals surface area contributed by atoms with Crippen LogP contribution in [0.5, 0.6) is 11.5 Å². The number of para-hydroxylation sites is 1. The van der Waals surface area contributed by atoms with Crippen LogP contribution in [0.2, 0.25) is 0 Å². The molecule has 1 N–H and O–H groups in total. The van der Waals surface area contributed by atoms with E-state index < -0.39 is 0 Å². The summed E-state index contributed by atoms with van der Waals surface area (Å²) in [6.45, 7) is 3.26. The highest BCUT2D eigenvalue weighted by Gasteiger charge is 2.38. The topological polar surface area (TPSA) is 30.5 Å². The molecule has 0 saturated heterocycles.